The summed E-state index contributed by atoms with van der Waals surface area (Å²) in [4.78, 5) is 58.5. The number of nitrogens with one attached hydrogen (secondary N) is 1. The van der Waals surface area contributed by atoms with Crippen molar-refractivity contribution in [1.82, 2.24) is 19.6 Å². The molecule has 0 aliphatic heterocycles. The summed E-state index contributed by atoms with van der Waals surface area (Å²) < 4.78 is 34.7. The number of benzene rings is 4. The van der Waals surface area contributed by atoms with Crippen molar-refractivity contribution < 1.29 is 57.8 Å². The van der Waals surface area contributed by atoms with Crippen LogP contribution < -0.4 is 16.4 Å². The van der Waals surface area contributed by atoms with Gasteiger partial charge in [0.05, 0.1) is 28.2 Å². The van der Waals surface area contributed by atoms with Gasteiger partial charge < -0.3 is 35.3 Å². The van der Waals surface area contributed by atoms with Crippen LogP contribution in [0.4, 0.5) is 28.4 Å². The van der Waals surface area contributed by atoms with Crippen LogP contribution in [-0.4, -0.2) is 60.6 Å². The molecule has 2 heterocycles. The summed E-state index contributed by atoms with van der Waals surface area (Å²) >= 11 is 0. The van der Waals surface area contributed by atoms with Crippen LogP contribution in [-0.2, 0) is 32.3 Å². The minimum absolute atomic E-state index is 0. The third-order valence-corrected chi connectivity index (χ3v) is 8.58. The summed E-state index contributed by atoms with van der Waals surface area (Å²) in [6.07, 6.45) is 1.15. The quantitative estimate of drug-likeness (QED) is 0.0481. The summed E-state index contributed by atoms with van der Waals surface area (Å²) in [6.45, 7) is 6.49. The van der Waals surface area contributed by atoms with Crippen molar-refractivity contribution in [1.29, 1.82) is 0 Å². The van der Waals surface area contributed by atoms with E-state index in [1.54, 1.807) is 73.7 Å². The molecule has 0 aliphatic carbocycles. The van der Waals surface area contributed by atoms with Gasteiger partial charge in [-0.3, -0.25) is 9.35 Å². The SMILES string of the molecule is C=CC(=O)Nc1ccc(-n2nc(C)[c-](N=Nc3ccccc3C(=O)O)c2=O)cc1.Cc1nn(-c2ccccc2)c(=O)[c-]1N=Nc1c(C(=O)O)cccc1S(=O)(=O)O.[Cr].[H+].[H+]. The van der Waals surface area contributed by atoms with Gasteiger partial charge in [0, 0.05) is 23.0 Å². The molecule has 0 spiro atoms. The van der Waals surface area contributed by atoms with E-state index in [0.29, 0.717) is 22.8 Å². The first kappa shape index (κ1) is 43.4. The number of para-hydroxylation sites is 1. The monoisotopic (exact) mass is 845 g/mol. The summed E-state index contributed by atoms with van der Waals surface area (Å²) in [5, 5.41) is 44.6. The summed E-state index contributed by atoms with van der Waals surface area (Å²) in [5.41, 5.74) is -0.226. The van der Waals surface area contributed by atoms with E-state index in [4.69, 9.17) is 0 Å². The number of azo groups is 2. The Bertz CT molecular complexity index is 2820. The van der Waals surface area contributed by atoms with E-state index in [-0.39, 0.29) is 54.4 Å². The predicted octanol–water partition coefficient (Wildman–Crippen LogP) is 6.34. The van der Waals surface area contributed by atoms with Crippen LogP contribution in [0.1, 0.15) is 35.0 Å². The second-order valence-corrected chi connectivity index (χ2v) is 12.9. The van der Waals surface area contributed by atoms with Gasteiger partial charge in [-0.1, -0.05) is 68.2 Å². The smallest absolute Gasteiger partial charge is 0.478 e. The van der Waals surface area contributed by atoms with Crippen LogP contribution >= 0.6 is 0 Å². The van der Waals surface area contributed by atoms with Crippen molar-refractivity contribution in [2.45, 2.75) is 18.7 Å². The molecule has 0 saturated carbocycles. The van der Waals surface area contributed by atoms with Crippen molar-refractivity contribution in [3.05, 3.63) is 153 Å². The summed E-state index contributed by atoms with van der Waals surface area (Å²) in [5.74, 6) is -2.96. The average Bonchev–Trinajstić information content (AvgIpc) is 3.64. The van der Waals surface area contributed by atoms with E-state index in [1.165, 1.54) is 19.1 Å². The minimum atomic E-state index is -4.77. The molecule has 0 aliphatic rings. The molecule has 58 heavy (non-hydrogen) atoms. The average molecular weight is 846 g/mol. The Morgan fingerprint density at radius 1 is 0.741 bits per heavy atom. The first-order chi connectivity index (χ1) is 27.1. The zero-order valence-corrected chi connectivity index (χ0v) is 32.2. The van der Waals surface area contributed by atoms with Gasteiger partial charge in [0.25, 0.3) is 10.1 Å². The zero-order chi connectivity index (χ0) is 41.4. The third-order valence-electron chi connectivity index (χ3n) is 7.69. The Morgan fingerprint density at radius 2 is 1.24 bits per heavy atom. The molecule has 2 aromatic heterocycles. The number of aromatic nitrogens is 4. The number of carboxylic acids is 2. The zero-order valence-electron chi connectivity index (χ0n) is 32.1. The van der Waals surface area contributed by atoms with Gasteiger partial charge in [0.2, 0.25) is 5.91 Å². The van der Waals surface area contributed by atoms with Crippen LogP contribution in [0.3, 0.4) is 0 Å². The van der Waals surface area contributed by atoms with Crippen LogP contribution in [0.25, 0.3) is 11.4 Å². The van der Waals surface area contributed by atoms with Crippen LogP contribution in [0.15, 0.2) is 145 Å². The van der Waals surface area contributed by atoms with Gasteiger partial charge in [-0.15, -0.1) is 11.4 Å². The van der Waals surface area contributed by atoms with Gasteiger partial charge in [0.1, 0.15) is 21.7 Å². The third kappa shape index (κ3) is 9.91. The molecule has 0 fully saturated rings. The summed E-state index contributed by atoms with van der Waals surface area (Å²) in [7, 11) is -4.77. The van der Waals surface area contributed by atoms with Crippen LogP contribution in [0.2, 0.25) is 0 Å². The number of hydrogen-bond acceptors (Lipinski definition) is 13. The van der Waals surface area contributed by atoms with Gasteiger partial charge in [-0.25, -0.2) is 29.2 Å². The molecule has 0 saturated heterocycles. The molecule has 19 nitrogen and oxygen atoms in total. The van der Waals surface area contributed by atoms with E-state index in [9.17, 15) is 47.2 Å². The van der Waals surface area contributed by atoms with Crippen LogP contribution in [0.5, 0.6) is 0 Å². The van der Waals surface area contributed by atoms with E-state index < -0.39 is 49.3 Å². The van der Waals surface area contributed by atoms with Gasteiger partial charge in [-0.2, -0.15) is 18.6 Å². The number of hydrogen-bond donors (Lipinski definition) is 4. The Kier molecular flexibility index (Phi) is 13.9. The molecule has 4 N–H and O–H groups in total. The predicted molar refractivity (Wildman–Crippen MR) is 206 cm³/mol. The molecule has 1 amide bonds. The maximum atomic E-state index is 12.7. The van der Waals surface area contributed by atoms with E-state index in [2.05, 4.69) is 42.6 Å². The molecular formula is C37H31CrN9O10S. The fourth-order valence-corrected chi connectivity index (χ4v) is 5.62. The number of nitrogens with zero attached hydrogens (tertiary/aromatic N) is 8. The Morgan fingerprint density at radius 3 is 1.78 bits per heavy atom. The number of aryl methyl sites for hydroxylation is 2. The van der Waals surface area contributed by atoms with Gasteiger partial charge in [0.15, 0.2) is 0 Å². The normalized spacial score (nSPS) is 11.1. The minimum Gasteiger partial charge on any atom is -0.478 e. The van der Waals surface area contributed by atoms with Crippen molar-refractivity contribution in [3.63, 3.8) is 0 Å². The second-order valence-electron chi connectivity index (χ2n) is 11.5. The number of carbonyl (C=O) groups excluding carboxylic acids is 1. The molecular weight excluding hydrogens is 815 g/mol. The largest absolute Gasteiger partial charge is 1.00 e. The number of amides is 1. The fourth-order valence-electron chi connectivity index (χ4n) is 4.98. The molecule has 0 unspecified atom stereocenters. The first-order valence-corrected chi connectivity index (χ1v) is 17.7. The second kappa shape index (κ2) is 18.6. The summed E-state index contributed by atoms with van der Waals surface area (Å²) in [6, 6.07) is 24.3. The van der Waals surface area contributed by atoms with Crippen molar-refractivity contribution in [2.75, 3.05) is 5.32 Å². The van der Waals surface area contributed by atoms with Gasteiger partial charge in [-0.05, 0) is 66.7 Å². The van der Waals surface area contributed by atoms with Crippen molar-refractivity contribution >= 4 is 56.4 Å². The van der Waals surface area contributed by atoms with E-state index in [0.717, 1.165) is 33.6 Å². The topological polar surface area (TPSA) is 277 Å². The van der Waals surface area contributed by atoms with E-state index >= 15 is 0 Å². The number of anilines is 1. The Balaban J connectivity index is 0.000000394. The molecule has 6 aromatic rings. The molecule has 0 bridgehead atoms. The van der Waals surface area contributed by atoms with E-state index in [1.807, 2.05) is 0 Å². The van der Waals surface area contributed by atoms with Gasteiger partial charge >= 0.3 is 14.8 Å². The Hall–Kier alpha value is -7.31. The number of carbonyl (C=O) groups is 3. The first-order valence-electron chi connectivity index (χ1n) is 16.2. The molecule has 21 heteroatoms. The maximum Gasteiger partial charge on any atom is 1.00 e. The Labute approximate surface area is 341 Å². The molecule has 0 radical (unpaired) electrons. The number of aromatic carboxylic acids is 2. The number of rotatable bonds is 11. The standard InChI is InChI=1S/C20H16N5O4.C17H13N4O6S.Cr/c1-3-17(26)21-13-8-10-14(11-9-13)25-19(27)18(12(2)24-25)23-22-16-7-5-4-6-15(16)20(28)29;1-10-14(16(22)21(20-10)11-6-3-2-4-7-11)18-19-15-12(17(23)24)8-5-9-13(15)28(25,26)27;/h3-11H,1H2,2H3,(H,21,26)(H,28,29);2-9H,1H3,(H,23,24)(H,25,26,27);/q2*-1;/p+2. The molecule has 4 aromatic carbocycles. The maximum absolute atomic E-state index is 12.7. The molecule has 6 rings (SSSR count). The van der Waals surface area contributed by atoms with Crippen molar-refractivity contribution in [2.24, 2.45) is 20.5 Å². The molecule has 0 atom stereocenters. The van der Waals surface area contributed by atoms with Crippen molar-refractivity contribution in [3.8, 4) is 11.4 Å². The van der Waals surface area contributed by atoms with Crippen LogP contribution in [0, 0.1) is 13.8 Å². The molecule has 296 valence electrons. The fraction of sp³-hybridized carbons (Fsp3) is 0.0541. The number of carboxylic acid groups (broad SMARTS) is 2.